The zero-order valence-corrected chi connectivity index (χ0v) is 12.9. The van der Waals surface area contributed by atoms with Gasteiger partial charge in [0.2, 0.25) is 5.75 Å². The van der Waals surface area contributed by atoms with Crippen LogP contribution in [-0.2, 0) is 0 Å². The predicted octanol–water partition coefficient (Wildman–Crippen LogP) is 3.48. The van der Waals surface area contributed by atoms with Crippen molar-refractivity contribution in [2.75, 3.05) is 24.8 Å². The molecule has 0 saturated heterocycles. The van der Waals surface area contributed by atoms with Crippen LogP contribution in [0.1, 0.15) is 5.56 Å². The molecule has 0 aliphatic rings. The van der Waals surface area contributed by atoms with Gasteiger partial charge in [-0.2, -0.15) is 0 Å². The maximum Gasteiger partial charge on any atom is 0.204 e. The molecule has 0 atom stereocenters. The van der Waals surface area contributed by atoms with E-state index in [1.807, 2.05) is 6.92 Å². The van der Waals surface area contributed by atoms with E-state index in [2.05, 4.69) is 36.5 Å². The Morgan fingerprint density at radius 2 is 1.95 bits per heavy atom. The molecule has 7 heteroatoms. The number of hydrogen-bond acceptors (Lipinski definition) is 5. The van der Waals surface area contributed by atoms with E-state index >= 15 is 0 Å². The Bertz CT molecular complexity index is 636. The third-order valence-electron chi connectivity index (χ3n) is 2.77. The van der Waals surface area contributed by atoms with Gasteiger partial charge in [0.15, 0.2) is 11.6 Å². The summed E-state index contributed by atoms with van der Waals surface area (Å²) in [6, 6.07) is 3.10. The monoisotopic (exact) mass is 340 g/mol. The summed E-state index contributed by atoms with van der Waals surface area (Å²) in [5, 5.41) is 6.04. The van der Waals surface area contributed by atoms with Crippen LogP contribution in [0.5, 0.6) is 5.75 Å². The van der Waals surface area contributed by atoms with Crippen molar-refractivity contribution in [3.05, 3.63) is 34.3 Å². The molecule has 2 aromatic rings. The van der Waals surface area contributed by atoms with E-state index < -0.39 is 0 Å². The summed E-state index contributed by atoms with van der Waals surface area (Å²) in [5.41, 5.74) is 1.50. The van der Waals surface area contributed by atoms with Crippen molar-refractivity contribution in [1.82, 2.24) is 9.97 Å². The number of ether oxygens (including phenoxy) is 1. The van der Waals surface area contributed by atoms with E-state index in [4.69, 9.17) is 4.74 Å². The van der Waals surface area contributed by atoms with Crippen molar-refractivity contribution in [2.45, 2.75) is 6.92 Å². The summed E-state index contributed by atoms with van der Waals surface area (Å²) in [6.07, 6.45) is 1.42. The number of nitrogens with zero attached hydrogens (tertiary/aromatic N) is 2. The minimum absolute atomic E-state index is 0.307. The standard InChI is InChI=1S/C13H14BrFN4O/c1-7-4-9(15)8(14)5-10(7)19-13-11(20-3)12(16-2)17-6-18-13/h4-6H,1-3H3,(H2,16,17,18,19). The van der Waals surface area contributed by atoms with Gasteiger partial charge in [-0.3, -0.25) is 0 Å². The molecule has 1 aromatic carbocycles. The summed E-state index contributed by atoms with van der Waals surface area (Å²) in [4.78, 5) is 8.22. The highest BCUT2D eigenvalue weighted by atomic mass is 79.9. The fourth-order valence-corrected chi connectivity index (χ4v) is 2.09. The van der Waals surface area contributed by atoms with Gasteiger partial charge in [0.05, 0.1) is 11.6 Å². The Morgan fingerprint density at radius 1 is 1.25 bits per heavy atom. The highest BCUT2D eigenvalue weighted by molar-refractivity contribution is 9.10. The summed E-state index contributed by atoms with van der Waals surface area (Å²) in [5.74, 6) is 1.27. The van der Waals surface area contributed by atoms with Gasteiger partial charge in [-0.05, 0) is 40.5 Å². The number of hydrogen-bond donors (Lipinski definition) is 2. The number of rotatable bonds is 4. The number of halogens is 2. The first-order valence-electron chi connectivity index (χ1n) is 5.86. The first-order valence-corrected chi connectivity index (χ1v) is 6.65. The summed E-state index contributed by atoms with van der Waals surface area (Å²) < 4.78 is 19.1. The molecule has 0 aliphatic carbocycles. The Kier molecular flexibility index (Phi) is 4.39. The second-order valence-corrected chi connectivity index (χ2v) is 4.91. The van der Waals surface area contributed by atoms with E-state index in [9.17, 15) is 4.39 Å². The number of anilines is 3. The summed E-state index contributed by atoms with van der Waals surface area (Å²) in [7, 11) is 3.28. The van der Waals surface area contributed by atoms with E-state index in [0.717, 1.165) is 11.3 Å². The Labute approximate surface area is 124 Å². The van der Waals surface area contributed by atoms with Crippen molar-refractivity contribution in [2.24, 2.45) is 0 Å². The molecule has 0 fully saturated rings. The number of aryl methyl sites for hydroxylation is 1. The molecular formula is C13H14BrFN4O. The molecule has 0 saturated carbocycles. The molecule has 2 N–H and O–H groups in total. The smallest absolute Gasteiger partial charge is 0.204 e. The van der Waals surface area contributed by atoms with Gasteiger partial charge >= 0.3 is 0 Å². The highest BCUT2D eigenvalue weighted by Crippen LogP contribution is 2.33. The Hall–Kier alpha value is -1.89. The van der Waals surface area contributed by atoms with Crippen LogP contribution in [0.2, 0.25) is 0 Å². The average molecular weight is 341 g/mol. The van der Waals surface area contributed by atoms with Gasteiger partial charge in [-0.15, -0.1) is 0 Å². The normalized spacial score (nSPS) is 10.2. The first-order chi connectivity index (χ1) is 9.56. The molecule has 1 heterocycles. The first kappa shape index (κ1) is 14.5. The van der Waals surface area contributed by atoms with Crippen molar-refractivity contribution < 1.29 is 9.13 Å². The molecule has 0 spiro atoms. The van der Waals surface area contributed by atoms with Crippen LogP contribution in [0.4, 0.5) is 21.7 Å². The van der Waals surface area contributed by atoms with Crippen molar-refractivity contribution in [1.29, 1.82) is 0 Å². The van der Waals surface area contributed by atoms with Gasteiger partial charge in [0.1, 0.15) is 12.1 Å². The summed E-state index contributed by atoms with van der Waals surface area (Å²) >= 11 is 3.17. The maximum atomic E-state index is 13.4. The lowest BCUT2D eigenvalue weighted by molar-refractivity contribution is 0.415. The minimum atomic E-state index is -0.307. The molecule has 0 radical (unpaired) electrons. The van der Waals surface area contributed by atoms with E-state index in [0.29, 0.717) is 21.9 Å². The largest absolute Gasteiger partial charge is 0.490 e. The van der Waals surface area contributed by atoms with Gasteiger partial charge in [0, 0.05) is 12.7 Å². The molecule has 0 bridgehead atoms. The number of nitrogens with one attached hydrogen (secondary N) is 2. The number of methoxy groups -OCH3 is 1. The second-order valence-electron chi connectivity index (χ2n) is 4.06. The molecule has 2 rings (SSSR count). The Balaban J connectivity index is 2.42. The van der Waals surface area contributed by atoms with Crippen molar-refractivity contribution in [3.63, 3.8) is 0 Å². The van der Waals surface area contributed by atoms with Gasteiger partial charge in [0.25, 0.3) is 0 Å². The van der Waals surface area contributed by atoms with E-state index in [-0.39, 0.29) is 5.82 Å². The third-order valence-corrected chi connectivity index (χ3v) is 3.37. The SMILES string of the molecule is CNc1ncnc(Nc2cc(Br)c(F)cc2C)c1OC. The lowest BCUT2D eigenvalue weighted by atomic mass is 10.2. The minimum Gasteiger partial charge on any atom is -0.490 e. The van der Waals surface area contributed by atoms with Crippen LogP contribution >= 0.6 is 15.9 Å². The van der Waals surface area contributed by atoms with Crippen LogP contribution in [-0.4, -0.2) is 24.1 Å². The van der Waals surface area contributed by atoms with Crippen LogP contribution in [0, 0.1) is 12.7 Å². The topological polar surface area (TPSA) is 59.1 Å². The predicted molar refractivity (Wildman–Crippen MR) is 80.3 cm³/mol. The third kappa shape index (κ3) is 2.82. The van der Waals surface area contributed by atoms with Crippen LogP contribution < -0.4 is 15.4 Å². The molecule has 5 nitrogen and oxygen atoms in total. The lowest BCUT2D eigenvalue weighted by Gasteiger charge is -2.14. The van der Waals surface area contributed by atoms with E-state index in [1.165, 1.54) is 19.5 Å². The van der Waals surface area contributed by atoms with Crippen molar-refractivity contribution in [3.8, 4) is 5.75 Å². The molecule has 106 valence electrons. The molecule has 0 unspecified atom stereocenters. The van der Waals surface area contributed by atoms with Gasteiger partial charge < -0.3 is 15.4 Å². The number of benzene rings is 1. The average Bonchev–Trinajstić information content (AvgIpc) is 2.44. The zero-order valence-electron chi connectivity index (χ0n) is 11.3. The van der Waals surface area contributed by atoms with Crippen LogP contribution in [0.15, 0.2) is 22.9 Å². The van der Waals surface area contributed by atoms with Gasteiger partial charge in [-0.25, -0.2) is 14.4 Å². The molecule has 20 heavy (non-hydrogen) atoms. The second kappa shape index (κ2) is 6.04. The lowest BCUT2D eigenvalue weighted by Crippen LogP contribution is -2.04. The van der Waals surface area contributed by atoms with Crippen LogP contribution in [0.25, 0.3) is 0 Å². The fraction of sp³-hybridized carbons (Fsp3) is 0.231. The maximum absolute atomic E-state index is 13.4. The number of aromatic nitrogens is 2. The molecule has 0 aliphatic heterocycles. The molecular weight excluding hydrogens is 327 g/mol. The highest BCUT2D eigenvalue weighted by Gasteiger charge is 2.13. The molecule has 1 aromatic heterocycles. The van der Waals surface area contributed by atoms with Crippen molar-refractivity contribution >= 4 is 33.3 Å². The zero-order chi connectivity index (χ0) is 14.7. The quantitative estimate of drug-likeness (QED) is 0.892. The van der Waals surface area contributed by atoms with Crippen LogP contribution in [0.3, 0.4) is 0 Å². The summed E-state index contributed by atoms with van der Waals surface area (Å²) in [6.45, 7) is 1.81. The molecule has 0 amide bonds. The Morgan fingerprint density at radius 3 is 2.60 bits per heavy atom. The van der Waals surface area contributed by atoms with E-state index in [1.54, 1.807) is 13.1 Å². The van der Waals surface area contributed by atoms with Gasteiger partial charge in [-0.1, -0.05) is 0 Å². The fourth-order valence-electron chi connectivity index (χ4n) is 1.74.